The van der Waals surface area contributed by atoms with Crippen LogP contribution in [-0.4, -0.2) is 45.5 Å². The summed E-state index contributed by atoms with van der Waals surface area (Å²) < 4.78 is 23.3. The number of hydrogen-bond acceptors (Lipinski definition) is 4. The molecule has 0 aliphatic carbocycles. The maximum atomic E-state index is 11.7. The standard InChI is InChI=1S/C13H26N2O3S/c1-2-3-4-9-19(17,18)11-13(16)15-8-6-12-5-7-14-10-12/h12,14H,2-11H2,1H3,(H,15,16). The summed E-state index contributed by atoms with van der Waals surface area (Å²) in [5.41, 5.74) is 0. The summed E-state index contributed by atoms with van der Waals surface area (Å²) in [4.78, 5) is 11.6. The van der Waals surface area contributed by atoms with Crippen LogP contribution < -0.4 is 10.6 Å². The van der Waals surface area contributed by atoms with Gasteiger partial charge in [-0.3, -0.25) is 4.79 Å². The van der Waals surface area contributed by atoms with Crippen molar-refractivity contribution in [3.8, 4) is 0 Å². The number of unbranched alkanes of at least 4 members (excludes halogenated alkanes) is 2. The van der Waals surface area contributed by atoms with Crippen molar-refractivity contribution in [2.45, 2.75) is 39.0 Å². The van der Waals surface area contributed by atoms with E-state index in [4.69, 9.17) is 0 Å². The number of carbonyl (C=O) groups excluding carboxylic acids is 1. The largest absolute Gasteiger partial charge is 0.355 e. The predicted molar refractivity (Wildman–Crippen MR) is 76.8 cm³/mol. The van der Waals surface area contributed by atoms with Crippen LogP contribution in [0, 0.1) is 5.92 Å². The molecule has 1 atom stereocenters. The topological polar surface area (TPSA) is 75.3 Å². The number of carbonyl (C=O) groups is 1. The molecule has 1 heterocycles. The monoisotopic (exact) mass is 290 g/mol. The predicted octanol–water partition coefficient (Wildman–Crippen LogP) is 0.707. The van der Waals surface area contributed by atoms with Crippen LogP contribution in [0.25, 0.3) is 0 Å². The average Bonchev–Trinajstić information content (AvgIpc) is 2.81. The molecular formula is C13H26N2O3S. The summed E-state index contributed by atoms with van der Waals surface area (Å²) in [6.07, 6.45) is 4.60. The van der Waals surface area contributed by atoms with E-state index in [1.54, 1.807) is 0 Å². The van der Waals surface area contributed by atoms with Gasteiger partial charge in [0.2, 0.25) is 5.91 Å². The first-order chi connectivity index (χ1) is 9.03. The first-order valence-electron chi connectivity index (χ1n) is 7.21. The zero-order valence-corrected chi connectivity index (χ0v) is 12.6. The highest BCUT2D eigenvalue weighted by molar-refractivity contribution is 7.92. The van der Waals surface area contributed by atoms with Crippen LogP contribution in [0.3, 0.4) is 0 Å². The minimum atomic E-state index is -3.23. The Bertz CT molecular complexity index is 362. The lowest BCUT2D eigenvalue weighted by Crippen LogP contribution is -2.32. The number of nitrogens with one attached hydrogen (secondary N) is 2. The van der Waals surface area contributed by atoms with Gasteiger partial charge in [-0.05, 0) is 38.3 Å². The number of rotatable bonds is 9. The molecule has 1 saturated heterocycles. The highest BCUT2D eigenvalue weighted by Gasteiger charge is 2.17. The van der Waals surface area contributed by atoms with Crippen molar-refractivity contribution in [3.05, 3.63) is 0 Å². The third-order valence-electron chi connectivity index (χ3n) is 3.45. The molecule has 5 nitrogen and oxygen atoms in total. The fourth-order valence-corrected chi connectivity index (χ4v) is 3.56. The summed E-state index contributed by atoms with van der Waals surface area (Å²) in [6, 6.07) is 0. The molecule has 1 aliphatic heterocycles. The molecule has 1 aliphatic rings. The molecule has 19 heavy (non-hydrogen) atoms. The maximum Gasteiger partial charge on any atom is 0.235 e. The van der Waals surface area contributed by atoms with E-state index in [1.807, 2.05) is 6.92 Å². The Morgan fingerprint density at radius 2 is 2.16 bits per heavy atom. The Morgan fingerprint density at radius 1 is 1.37 bits per heavy atom. The van der Waals surface area contributed by atoms with Gasteiger partial charge in [0.15, 0.2) is 9.84 Å². The summed E-state index contributed by atoms with van der Waals surface area (Å²) in [6.45, 7) is 4.66. The van der Waals surface area contributed by atoms with E-state index >= 15 is 0 Å². The Balaban J connectivity index is 2.14. The van der Waals surface area contributed by atoms with E-state index in [0.717, 1.165) is 38.8 Å². The van der Waals surface area contributed by atoms with Crippen molar-refractivity contribution < 1.29 is 13.2 Å². The Morgan fingerprint density at radius 3 is 2.79 bits per heavy atom. The molecule has 0 aromatic carbocycles. The second-order valence-electron chi connectivity index (χ2n) is 5.30. The number of sulfone groups is 1. The van der Waals surface area contributed by atoms with Gasteiger partial charge >= 0.3 is 0 Å². The lowest BCUT2D eigenvalue weighted by molar-refractivity contribution is -0.118. The zero-order chi connectivity index (χ0) is 14.1. The van der Waals surface area contributed by atoms with Crippen LogP contribution in [0.15, 0.2) is 0 Å². The molecule has 0 aromatic rings. The van der Waals surface area contributed by atoms with Crippen molar-refractivity contribution in [1.29, 1.82) is 0 Å². The average molecular weight is 290 g/mol. The summed E-state index contributed by atoms with van der Waals surface area (Å²) in [7, 11) is -3.23. The highest BCUT2D eigenvalue weighted by Crippen LogP contribution is 2.10. The van der Waals surface area contributed by atoms with Crippen LogP contribution in [-0.2, 0) is 14.6 Å². The van der Waals surface area contributed by atoms with Gasteiger partial charge in [0.1, 0.15) is 5.75 Å². The maximum absolute atomic E-state index is 11.7. The molecule has 1 unspecified atom stereocenters. The molecule has 6 heteroatoms. The van der Waals surface area contributed by atoms with Crippen LogP contribution in [0.2, 0.25) is 0 Å². The van der Waals surface area contributed by atoms with Gasteiger partial charge in [-0.1, -0.05) is 19.8 Å². The second-order valence-corrected chi connectivity index (χ2v) is 7.48. The van der Waals surface area contributed by atoms with Crippen LogP contribution >= 0.6 is 0 Å². The van der Waals surface area contributed by atoms with E-state index < -0.39 is 9.84 Å². The fourth-order valence-electron chi connectivity index (χ4n) is 2.27. The van der Waals surface area contributed by atoms with Gasteiger partial charge < -0.3 is 10.6 Å². The molecule has 1 amide bonds. The van der Waals surface area contributed by atoms with Gasteiger partial charge in [-0.2, -0.15) is 0 Å². The minimum absolute atomic E-state index is 0.126. The molecule has 1 rings (SSSR count). The molecule has 112 valence electrons. The van der Waals surface area contributed by atoms with E-state index in [1.165, 1.54) is 0 Å². The van der Waals surface area contributed by atoms with Crippen LogP contribution in [0.5, 0.6) is 0 Å². The molecular weight excluding hydrogens is 264 g/mol. The summed E-state index contributed by atoms with van der Waals surface area (Å²) in [5.74, 6) is 0.0179. The van der Waals surface area contributed by atoms with E-state index in [-0.39, 0.29) is 17.4 Å². The lowest BCUT2D eigenvalue weighted by atomic mass is 10.1. The van der Waals surface area contributed by atoms with E-state index in [9.17, 15) is 13.2 Å². The Kier molecular flexibility index (Phi) is 7.38. The van der Waals surface area contributed by atoms with E-state index in [0.29, 0.717) is 18.9 Å². The molecule has 1 fully saturated rings. The smallest absolute Gasteiger partial charge is 0.235 e. The first-order valence-corrected chi connectivity index (χ1v) is 9.03. The second kappa shape index (κ2) is 8.53. The molecule has 0 bridgehead atoms. The Labute approximate surface area is 116 Å². The van der Waals surface area contributed by atoms with Gasteiger partial charge in [-0.15, -0.1) is 0 Å². The summed E-state index contributed by atoms with van der Waals surface area (Å²) in [5, 5.41) is 5.98. The number of amides is 1. The zero-order valence-electron chi connectivity index (χ0n) is 11.8. The normalized spacial score (nSPS) is 19.5. The Hall–Kier alpha value is -0.620. The van der Waals surface area contributed by atoms with Crippen LogP contribution in [0.4, 0.5) is 0 Å². The van der Waals surface area contributed by atoms with Crippen molar-refractivity contribution in [2.24, 2.45) is 5.92 Å². The molecule has 0 aromatic heterocycles. The number of hydrogen-bond donors (Lipinski definition) is 2. The van der Waals surface area contributed by atoms with Crippen molar-refractivity contribution in [3.63, 3.8) is 0 Å². The molecule has 0 spiro atoms. The van der Waals surface area contributed by atoms with Crippen molar-refractivity contribution in [1.82, 2.24) is 10.6 Å². The minimum Gasteiger partial charge on any atom is -0.355 e. The van der Waals surface area contributed by atoms with Crippen LogP contribution in [0.1, 0.15) is 39.0 Å². The van der Waals surface area contributed by atoms with Gasteiger partial charge in [-0.25, -0.2) is 8.42 Å². The third-order valence-corrected chi connectivity index (χ3v) is 5.06. The first kappa shape index (κ1) is 16.4. The quantitative estimate of drug-likeness (QED) is 0.613. The van der Waals surface area contributed by atoms with Gasteiger partial charge in [0.05, 0.1) is 5.75 Å². The van der Waals surface area contributed by atoms with E-state index in [2.05, 4.69) is 10.6 Å². The summed E-state index contributed by atoms with van der Waals surface area (Å²) >= 11 is 0. The molecule has 2 N–H and O–H groups in total. The molecule has 0 radical (unpaired) electrons. The molecule has 0 saturated carbocycles. The highest BCUT2D eigenvalue weighted by atomic mass is 32.2. The van der Waals surface area contributed by atoms with Crippen molar-refractivity contribution >= 4 is 15.7 Å². The van der Waals surface area contributed by atoms with Crippen molar-refractivity contribution in [2.75, 3.05) is 31.1 Å². The van der Waals surface area contributed by atoms with Gasteiger partial charge in [0.25, 0.3) is 0 Å². The van der Waals surface area contributed by atoms with Gasteiger partial charge in [0, 0.05) is 6.54 Å². The fraction of sp³-hybridized carbons (Fsp3) is 0.923. The third kappa shape index (κ3) is 7.52. The lowest BCUT2D eigenvalue weighted by Gasteiger charge is -2.09. The SMILES string of the molecule is CCCCCS(=O)(=O)CC(=O)NCCC1CCNC1.